The van der Waals surface area contributed by atoms with Gasteiger partial charge in [0.15, 0.2) is 0 Å². The van der Waals surface area contributed by atoms with Gasteiger partial charge < -0.3 is 14.8 Å². The number of carbonyl (C=O) groups excluding carboxylic acids is 2. The van der Waals surface area contributed by atoms with Crippen molar-refractivity contribution in [2.45, 2.75) is 45.8 Å². The summed E-state index contributed by atoms with van der Waals surface area (Å²) in [6.07, 6.45) is 0.377. The van der Waals surface area contributed by atoms with Crippen LogP contribution in [0.2, 0.25) is 0 Å². The lowest BCUT2D eigenvalue weighted by molar-refractivity contribution is -0.153. The van der Waals surface area contributed by atoms with Crippen molar-refractivity contribution in [2.24, 2.45) is 5.41 Å². The average Bonchev–Trinajstić information content (AvgIpc) is 2.66. The van der Waals surface area contributed by atoms with Crippen LogP contribution in [0, 0.1) is 5.41 Å². The predicted molar refractivity (Wildman–Crippen MR) is 73.3 cm³/mol. The molecule has 0 aromatic rings. The van der Waals surface area contributed by atoms with E-state index in [1.165, 1.54) is 4.90 Å². The highest BCUT2D eigenvalue weighted by Crippen LogP contribution is 2.41. The fraction of sp³-hybridized carbons (Fsp3) is 0.857. The summed E-state index contributed by atoms with van der Waals surface area (Å²) in [6, 6.07) is -0.529. The summed E-state index contributed by atoms with van der Waals surface area (Å²) >= 11 is 0. The van der Waals surface area contributed by atoms with E-state index in [9.17, 15) is 9.59 Å². The maximum absolute atomic E-state index is 12.3. The predicted octanol–water partition coefficient (Wildman–Crippen LogP) is 1.15. The van der Waals surface area contributed by atoms with Gasteiger partial charge in [0.05, 0.1) is 6.61 Å². The fourth-order valence-corrected chi connectivity index (χ4v) is 2.87. The Balaban J connectivity index is 2.15. The Kier molecular flexibility index (Phi) is 3.95. The number of nitrogens with zero attached hydrogens (tertiary/aromatic N) is 1. The van der Waals surface area contributed by atoms with E-state index in [1.54, 1.807) is 6.92 Å². The van der Waals surface area contributed by atoms with Crippen LogP contribution in [-0.2, 0) is 14.3 Å². The normalized spacial score (nSPS) is 24.4. The number of hydrogen-bond acceptors (Lipinski definition) is 5. The van der Waals surface area contributed by atoms with E-state index >= 15 is 0 Å². The Hall–Kier alpha value is -1.30. The summed E-state index contributed by atoms with van der Waals surface area (Å²) in [6.45, 7) is 9.59. The van der Waals surface area contributed by atoms with E-state index in [0.29, 0.717) is 13.2 Å². The number of rotatable bonds is 2. The van der Waals surface area contributed by atoms with Crippen LogP contribution >= 0.6 is 0 Å². The standard InChI is InChI=1S/C14H24N2O4/c1-5-19-11(17)10-14(8-15-9-14)6-7-16(10)12(18)20-13(2,3)4/h10,15H,5-9H2,1-4H3. The lowest BCUT2D eigenvalue weighted by atomic mass is 9.75. The monoisotopic (exact) mass is 284 g/mol. The van der Waals surface area contributed by atoms with Crippen molar-refractivity contribution < 1.29 is 19.1 Å². The molecule has 0 aromatic carbocycles. The van der Waals surface area contributed by atoms with Crippen molar-refractivity contribution in [3.05, 3.63) is 0 Å². The minimum absolute atomic E-state index is 0.177. The second kappa shape index (κ2) is 5.24. The van der Waals surface area contributed by atoms with Gasteiger partial charge in [-0.2, -0.15) is 0 Å². The Morgan fingerprint density at radius 2 is 2.00 bits per heavy atom. The third kappa shape index (κ3) is 2.75. The highest BCUT2D eigenvalue weighted by atomic mass is 16.6. The molecule has 1 unspecified atom stereocenters. The van der Waals surface area contributed by atoms with Gasteiger partial charge in [0, 0.05) is 25.0 Å². The summed E-state index contributed by atoms with van der Waals surface area (Å²) in [5.74, 6) is -0.322. The molecule has 0 bridgehead atoms. The number of esters is 1. The summed E-state index contributed by atoms with van der Waals surface area (Å²) in [5, 5.41) is 3.19. The molecule has 1 N–H and O–H groups in total. The average molecular weight is 284 g/mol. The van der Waals surface area contributed by atoms with Gasteiger partial charge in [0.25, 0.3) is 0 Å². The molecule has 0 aromatic heterocycles. The molecular formula is C14H24N2O4. The van der Waals surface area contributed by atoms with Crippen LogP contribution in [0.1, 0.15) is 34.1 Å². The first-order valence-corrected chi connectivity index (χ1v) is 7.16. The number of hydrogen-bond donors (Lipinski definition) is 1. The minimum atomic E-state index is -0.566. The van der Waals surface area contributed by atoms with Gasteiger partial charge in [-0.25, -0.2) is 9.59 Å². The van der Waals surface area contributed by atoms with Gasteiger partial charge in [-0.05, 0) is 34.1 Å². The molecule has 1 amide bonds. The Labute approximate surface area is 119 Å². The maximum Gasteiger partial charge on any atom is 0.411 e. The highest BCUT2D eigenvalue weighted by molar-refractivity contribution is 5.83. The van der Waals surface area contributed by atoms with Crippen molar-refractivity contribution >= 4 is 12.1 Å². The molecule has 2 rings (SSSR count). The number of amides is 1. The van der Waals surface area contributed by atoms with Crippen LogP contribution in [0.15, 0.2) is 0 Å². The lowest BCUT2D eigenvalue weighted by Gasteiger charge is -2.43. The summed E-state index contributed by atoms with van der Waals surface area (Å²) < 4.78 is 10.6. The van der Waals surface area contributed by atoms with Crippen molar-refractivity contribution in [1.29, 1.82) is 0 Å². The van der Waals surface area contributed by atoms with E-state index < -0.39 is 17.7 Å². The zero-order chi connectivity index (χ0) is 15.0. The number of likely N-dealkylation sites (tertiary alicyclic amines) is 1. The van der Waals surface area contributed by atoms with Gasteiger partial charge in [-0.3, -0.25) is 4.90 Å². The SMILES string of the molecule is CCOC(=O)C1N(C(=O)OC(C)(C)C)CCC12CNC2. The zero-order valence-electron chi connectivity index (χ0n) is 12.7. The quantitative estimate of drug-likeness (QED) is 0.770. The first kappa shape index (κ1) is 15.1. The second-order valence-electron chi connectivity index (χ2n) is 6.54. The lowest BCUT2D eigenvalue weighted by Crippen LogP contribution is -2.63. The highest BCUT2D eigenvalue weighted by Gasteiger charge is 2.57. The van der Waals surface area contributed by atoms with Gasteiger partial charge in [0.1, 0.15) is 11.6 Å². The van der Waals surface area contributed by atoms with E-state index in [1.807, 2.05) is 20.8 Å². The smallest absolute Gasteiger partial charge is 0.411 e. The van der Waals surface area contributed by atoms with Crippen LogP contribution in [0.25, 0.3) is 0 Å². The molecule has 0 saturated carbocycles. The first-order chi connectivity index (χ1) is 9.29. The van der Waals surface area contributed by atoms with Crippen LogP contribution in [-0.4, -0.2) is 54.8 Å². The van der Waals surface area contributed by atoms with Crippen LogP contribution in [0.5, 0.6) is 0 Å². The molecule has 2 heterocycles. The molecule has 6 heteroatoms. The molecule has 20 heavy (non-hydrogen) atoms. The van der Waals surface area contributed by atoms with E-state index in [2.05, 4.69) is 5.32 Å². The van der Waals surface area contributed by atoms with Gasteiger partial charge in [-0.1, -0.05) is 0 Å². The Bertz CT molecular complexity index is 398. The summed E-state index contributed by atoms with van der Waals surface area (Å²) in [4.78, 5) is 26.0. The maximum atomic E-state index is 12.3. The number of carbonyl (C=O) groups is 2. The molecule has 2 aliphatic heterocycles. The van der Waals surface area contributed by atoms with E-state index in [0.717, 1.165) is 19.5 Å². The number of ether oxygens (including phenoxy) is 2. The van der Waals surface area contributed by atoms with E-state index in [-0.39, 0.29) is 11.4 Å². The van der Waals surface area contributed by atoms with Crippen LogP contribution < -0.4 is 5.32 Å². The van der Waals surface area contributed by atoms with Gasteiger partial charge in [-0.15, -0.1) is 0 Å². The molecule has 2 saturated heterocycles. The molecule has 114 valence electrons. The van der Waals surface area contributed by atoms with Crippen LogP contribution in [0.4, 0.5) is 4.79 Å². The summed E-state index contributed by atoms with van der Waals surface area (Å²) in [5.41, 5.74) is -0.743. The second-order valence-corrected chi connectivity index (χ2v) is 6.54. The van der Waals surface area contributed by atoms with Crippen molar-refractivity contribution in [1.82, 2.24) is 10.2 Å². The molecule has 2 fully saturated rings. The Morgan fingerprint density at radius 1 is 1.35 bits per heavy atom. The fourth-order valence-electron chi connectivity index (χ4n) is 2.87. The third-order valence-corrected chi connectivity index (χ3v) is 3.83. The van der Waals surface area contributed by atoms with E-state index in [4.69, 9.17) is 9.47 Å². The topological polar surface area (TPSA) is 67.9 Å². The van der Waals surface area contributed by atoms with Crippen LogP contribution in [0.3, 0.4) is 0 Å². The summed E-state index contributed by atoms with van der Waals surface area (Å²) in [7, 11) is 0. The van der Waals surface area contributed by atoms with Gasteiger partial charge in [0.2, 0.25) is 0 Å². The Morgan fingerprint density at radius 3 is 2.45 bits per heavy atom. The third-order valence-electron chi connectivity index (χ3n) is 3.83. The molecule has 2 aliphatic rings. The molecule has 0 radical (unpaired) electrons. The molecule has 1 spiro atoms. The molecule has 6 nitrogen and oxygen atoms in total. The first-order valence-electron chi connectivity index (χ1n) is 7.16. The minimum Gasteiger partial charge on any atom is -0.464 e. The molecule has 1 atom stereocenters. The zero-order valence-corrected chi connectivity index (χ0v) is 12.7. The van der Waals surface area contributed by atoms with Crippen molar-refractivity contribution in [3.63, 3.8) is 0 Å². The van der Waals surface area contributed by atoms with Gasteiger partial charge >= 0.3 is 12.1 Å². The number of nitrogens with one attached hydrogen (secondary N) is 1. The van der Waals surface area contributed by atoms with Crippen molar-refractivity contribution in [3.8, 4) is 0 Å². The largest absolute Gasteiger partial charge is 0.464 e. The molecular weight excluding hydrogens is 260 g/mol. The molecule has 0 aliphatic carbocycles. The van der Waals surface area contributed by atoms with Crippen molar-refractivity contribution in [2.75, 3.05) is 26.2 Å².